The Labute approximate surface area is 180 Å². The topological polar surface area (TPSA) is 133 Å². The fourth-order valence-electron chi connectivity index (χ4n) is 3.08. The first-order valence-corrected chi connectivity index (χ1v) is 9.89. The smallest absolute Gasteiger partial charge is 0.255 e. The molecule has 2 aromatic carbocycles. The molecule has 0 unspecified atom stereocenters. The molecule has 0 aliphatic rings. The number of nitrogens with one attached hydrogen (secondary N) is 1. The number of pyridine rings is 1. The zero-order chi connectivity index (χ0) is 22.4. The zero-order valence-corrected chi connectivity index (χ0v) is 17.4. The molecule has 7 heteroatoms. The average molecular weight is 415 g/mol. The maximum Gasteiger partial charge on any atom is 0.255 e. The van der Waals surface area contributed by atoms with Crippen LogP contribution in [0.15, 0.2) is 77.5 Å². The number of benzene rings is 2. The average Bonchev–Trinajstić information content (AvgIpc) is 3.20. The summed E-state index contributed by atoms with van der Waals surface area (Å²) in [5.74, 6) is 0.580. The van der Waals surface area contributed by atoms with Gasteiger partial charge in [-0.25, -0.2) is 4.98 Å². The Hall–Kier alpha value is -4.26. The molecule has 1 amide bonds. The molecular weight excluding hydrogens is 390 g/mol. The van der Waals surface area contributed by atoms with E-state index in [1.165, 1.54) is 12.4 Å². The quantitative estimate of drug-likeness (QED) is 0.359. The first-order chi connectivity index (χ1) is 15.0. The van der Waals surface area contributed by atoms with Gasteiger partial charge in [0.25, 0.3) is 5.91 Å². The Morgan fingerprint density at radius 2 is 1.81 bits per heavy atom. The molecule has 0 saturated heterocycles. The lowest BCUT2D eigenvalue weighted by Crippen LogP contribution is -2.13. The summed E-state index contributed by atoms with van der Waals surface area (Å²) in [6, 6.07) is 17.8. The fourth-order valence-corrected chi connectivity index (χ4v) is 3.08. The SMILES string of the molecule is CC.N/C=C(/c1cc2ccccc2o1)c1cc(C(=O)Nc2ccnc(N)c2)ccc1N. The number of amides is 1. The number of fused-ring (bicyclic) bond motifs is 1. The maximum absolute atomic E-state index is 12.7. The number of para-hydroxylation sites is 1. The Morgan fingerprint density at radius 1 is 1.03 bits per heavy atom. The highest BCUT2D eigenvalue weighted by molar-refractivity contribution is 6.05. The molecule has 2 heterocycles. The first-order valence-electron chi connectivity index (χ1n) is 9.89. The number of anilines is 3. The van der Waals surface area contributed by atoms with Gasteiger partial charge in [0.1, 0.15) is 17.2 Å². The van der Waals surface area contributed by atoms with Crippen LogP contribution in [0.2, 0.25) is 0 Å². The van der Waals surface area contributed by atoms with Gasteiger partial charge in [0.15, 0.2) is 0 Å². The molecule has 7 N–H and O–H groups in total. The summed E-state index contributed by atoms with van der Waals surface area (Å²) in [6.45, 7) is 4.00. The highest BCUT2D eigenvalue weighted by Gasteiger charge is 2.16. The number of hydrogen-bond acceptors (Lipinski definition) is 6. The van der Waals surface area contributed by atoms with Crippen molar-refractivity contribution >= 4 is 39.6 Å². The van der Waals surface area contributed by atoms with Crippen LogP contribution in [-0.2, 0) is 0 Å². The second kappa shape index (κ2) is 9.49. The largest absolute Gasteiger partial charge is 0.456 e. The minimum atomic E-state index is -0.308. The lowest BCUT2D eigenvalue weighted by molar-refractivity contribution is 0.102. The monoisotopic (exact) mass is 415 g/mol. The van der Waals surface area contributed by atoms with Crippen LogP contribution >= 0.6 is 0 Å². The van der Waals surface area contributed by atoms with E-state index in [0.717, 1.165) is 11.0 Å². The van der Waals surface area contributed by atoms with Crippen LogP contribution < -0.4 is 22.5 Å². The van der Waals surface area contributed by atoms with E-state index in [2.05, 4.69) is 10.3 Å². The summed E-state index contributed by atoms with van der Waals surface area (Å²) in [6.07, 6.45) is 2.95. The third-order valence-corrected chi connectivity index (χ3v) is 4.50. The molecule has 2 aromatic heterocycles. The van der Waals surface area contributed by atoms with Crippen LogP contribution in [0.1, 0.15) is 35.5 Å². The number of nitrogens with two attached hydrogens (primary N) is 3. The highest BCUT2D eigenvalue weighted by atomic mass is 16.3. The molecule has 31 heavy (non-hydrogen) atoms. The van der Waals surface area contributed by atoms with E-state index < -0.39 is 0 Å². The summed E-state index contributed by atoms with van der Waals surface area (Å²) < 4.78 is 5.91. The van der Waals surface area contributed by atoms with Crippen LogP contribution in [0.25, 0.3) is 16.5 Å². The van der Waals surface area contributed by atoms with E-state index in [0.29, 0.717) is 39.7 Å². The summed E-state index contributed by atoms with van der Waals surface area (Å²) >= 11 is 0. The molecule has 0 atom stereocenters. The molecule has 4 aromatic rings. The molecule has 0 spiro atoms. The van der Waals surface area contributed by atoms with Crippen molar-refractivity contribution in [2.45, 2.75) is 13.8 Å². The number of rotatable bonds is 4. The number of aromatic nitrogens is 1. The molecular formula is C24H25N5O2. The van der Waals surface area contributed by atoms with E-state index in [9.17, 15) is 4.79 Å². The Bertz CT molecular complexity index is 1210. The lowest BCUT2D eigenvalue weighted by Gasteiger charge is -2.11. The van der Waals surface area contributed by atoms with Gasteiger partial charge < -0.3 is 26.9 Å². The number of carbonyl (C=O) groups excluding carboxylic acids is 1. The molecule has 0 radical (unpaired) electrons. The van der Waals surface area contributed by atoms with Crippen molar-refractivity contribution in [3.63, 3.8) is 0 Å². The molecule has 158 valence electrons. The Balaban J connectivity index is 0.00000132. The minimum Gasteiger partial charge on any atom is -0.456 e. The van der Waals surface area contributed by atoms with Gasteiger partial charge in [0.2, 0.25) is 0 Å². The van der Waals surface area contributed by atoms with Gasteiger partial charge in [0, 0.05) is 51.9 Å². The summed E-state index contributed by atoms with van der Waals surface area (Å²) in [5, 5.41) is 3.74. The fraction of sp³-hybridized carbons (Fsp3) is 0.0833. The number of hydrogen-bond donors (Lipinski definition) is 4. The van der Waals surface area contributed by atoms with Crippen molar-refractivity contribution in [1.82, 2.24) is 4.98 Å². The summed E-state index contributed by atoms with van der Waals surface area (Å²) in [7, 11) is 0. The minimum absolute atomic E-state index is 0.308. The number of carbonyl (C=O) groups is 1. The van der Waals surface area contributed by atoms with Crippen LogP contribution in [0.3, 0.4) is 0 Å². The van der Waals surface area contributed by atoms with Crippen molar-refractivity contribution < 1.29 is 9.21 Å². The van der Waals surface area contributed by atoms with Crippen molar-refractivity contribution in [3.8, 4) is 0 Å². The van der Waals surface area contributed by atoms with Crippen molar-refractivity contribution in [3.05, 3.63) is 89.9 Å². The van der Waals surface area contributed by atoms with Crippen LogP contribution in [0.5, 0.6) is 0 Å². The number of furan rings is 1. The predicted molar refractivity (Wildman–Crippen MR) is 126 cm³/mol. The van der Waals surface area contributed by atoms with E-state index in [4.69, 9.17) is 21.6 Å². The zero-order valence-electron chi connectivity index (χ0n) is 17.4. The number of nitrogens with zero attached hydrogens (tertiary/aromatic N) is 1. The van der Waals surface area contributed by atoms with E-state index >= 15 is 0 Å². The maximum atomic E-state index is 12.7. The van der Waals surface area contributed by atoms with Gasteiger partial charge in [-0.15, -0.1) is 0 Å². The normalized spacial score (nSPS) is 11.0. The lowest BCUT2D eigenvalue weighted by atomic mass is 9.99. The first kappa shape index (κ1) is 21.4. The molecule has 4 rings (SSSR count). The van der Waals surface area contributed by atoms with Crippen LogP contribution in [0, 0.1) is 0 Å². The molecule has 0 aliphatic carbocycles. The van der Waals surface area contributed by atoms with Gasteiger partial charge >= 0.3 is 0 Å². The third-order valence-electron chi connectivity index (χ3n) is 4.50. The Morgan fingerprint density at radius 3 is 2.52 bits per heavy atom. The summed E-state index contributed by atoms with van der Waals surface area (Å²) in [4.78, 5) is 16.6. The Kier molecular flexibility index (Phi) is 6.57. The molecule has 0 bridgehead atoms. The standard InChI is InChI=1S/C22H19N5O2.C2H6/c23-12-17(20-10-13-3-1-2-4-19(13)29-20)16-9-14(5-6-18(16)24)22(28)27-15-7-8-26-21(25)11-15;1-2/h1-12H,23-24H2,(H3,25,26,27,28);1-2H3/b17-12+;. The van der Waals surface area contributed by atoms with Crippen LogP contribution in [-0.4, -0.2) is 10.9 Å². The van der Waals surface area contributed by atoms with E-state index in [1.54, 1.807) is 30.3 Å². The second-order valence-electron chi connectivity index (χ2n) is 6.45. The summed E-state index contributed by atoms with van der Waals surface area (Å²) in [5.41, 5.74) is 21.1. The second-order valence-corrected chi connectivity index (χ2v) is 6.45. The molecule has 0 aliphatic heterocycles. The van der Waals surface area contributed by atoms with Gasteiger partial charge in [-0.1, -0.05) is 32.0 Å². The predicted octanol–water partition coefficient (Wildman–Crippen LogP) is 4.62. The van der Waals surface area contributed by atoms with E-state index in [1.807, 2.05) is 44.2 Å². The van der Waals surface area contributed by atoms with Crippen molar-refractivity contribution in [2.24, 2.45) is 5.73 Å². The molecule has 7 nitrogen and oxygen atoms in total. The van der Waals surface area contributed by atoms with Gasteiger partial charge in [-0.2, -0.15) is 0 Å². The molecule has 0 fully saturated rings. The number of nitrogen functional groups attached to an aromatic ring is 2. The third kappa shape index (κ3) is 4.67. The van der Waals surface area contributed by atoms with E-state index in [-0.39, 0.29) is 5.91 Å². The van der Waals surface area contributed by atoms with Gasteiger partial charge in [-0.3, -0.25) is 4.79 Å². The van der Waals surface area contributed by atoms with Crippen molar-refractivity contribution in [1.29, 1.82) is 0 Å². The molecule has 0 saturated carbocycles. The van der Waals surface area contributed by atoms with Crippen LogP contribution in [0.4, 0.5) is 17.2 Å². The highest BCUT2D eigenvalue weighted by Crippen LogP contribution is 2.32. The van der Waals surface area contributed by atoms with Gasteiger partial charge in [0.05, 0.1) is 0 Å². The van der Waals surface area contributed by atoms with Crippen molar-refractivity contribution in [2.75, 3.05) is 16.8 Å². The van der Waals surface area contributed by atoms with Gasteiger partial charge in [-0.05, 0) is 36.4 Å².